The van der Waals surface area contributed by atoms with Gasteiger partial charge in [-0.25, -0.2) is 0 Å². The van der Waals surface area contributed by atoms with Crippen LogP contribution in [0.4, 0.5) is 0 Å². The smallest absolute Gasteiger partial charge is 0.150 e. The zero-order chi connectivity index (χ0) is 12.8. The maximum absolute atomic E-state index is 10.0. The fourth-order valence-electron chi connectivity index (χ4n) is 0.661. The summed E-state index contributed by atoms with van der Waals surface area (Å²) in [5, 5.41) is 0. The number of rotatable bonds is 3. The van der Waals surface area contributed by atoms with E-state index >= 15 is 0 Å². The van der Waals surface area contributed by atoms with Crippen molar-refractivity contribution < 1.29 is 4.79 Å². The van der Waals surface area contributed by atoms with Crippen LogP contribution in [-0.4, -0.2) is 13.7 Å². The van der Waals surface area contributed by atoms with Gasteiger partial charge in [0.05, 0.1) is 1.28 Å². The first-order valence-corrected chi connectivity index (χ1v) is 7.91. The van der Waals surface area contributed by atoms with Crippen LogP contribution >= 0.6 is 17.1 Å². The highest BCUT2D eigenvalue weighted by atomic mass is 32.0. The summed E-state index contributed by atoms with van der Waals surface area (Å²) in [6, 6.07) is 9.10. The lowest BCUT2D eigenvalue weighted by atomic mass is 10.2. The lowest BCUT2D eigenvalue weighted by Crippen LogP contribution is -1.73. The van der Waals surface area contributed by atoms with Crippen molar-refractivity contribution in [1.82, 2.24) is 0 Å². The molecule has 0 amide bonds. The summed E-state index contributed by atoms with van der Waals surface area (Å²) in [5.41, 5.74) is 0.729. The maximum Gasteiger partial charge on any atom is 0.150 e. The highest BCUT2D eigenvalue weighted by Crippen LogP contribution is 2.19. The first kappa shape index (κ1) is 14.8. The molecule has 0 saturated heterocycles. The van der Waals surface area contributed by atoms with Gasteiger partial charge in [-0.3, -0.25) is 4.79 Å². The fourth-order valence-corrected chi connectivity index (χ4v) is 1.69. The van der Waals surface area contributed by atoms with Crippen LogP contribution < -0.4 is 0 Å². The molecule has 0 N–H and O–H groups in total. The number of benzene rings is 1. The van der Waals surface area contributed by atoms with Crippen molar-refractivity contribution in [2.24, 2.45) is 0 Å². The van der Waals surface area contributed by atoms with E-state index in [0.717, 1.165) is 24.4 Å². The molecule has 15 heavy (non-hydrogen) atoms. The molecule has 3 heteroatoms. The molecule has 2 atom stereocenters. The normalized spacial score (nSPS) is 10.8. The zero-order valence-corrected chi connectivity index (χ0v) is 11.9. The minimum atomic E-state index is -0.434. The molecule has 1 aromatic rings. The minimum Gasteiger partial charge on any atom is -0.298 e. The van der Waals surface area contributed by atoms with Crippen LogP contribution in [0.5, 0.6) is 0 Å². The second kappa shape index (κ2) is 16.2. The predicted octanol–water partition coefficient (Wildman–Crippen LogP) is 4.39. The SMILES string of the molecule is CC.O=Cc1ccccc1.[2H]P(P)CCC. The van der Waals surface area contributed by atoms with Crippen LogP contribution in [0.25, 0.3) is 0 Å². The van der Waals surface area contributed by atoms with Crippen LogP contribution in [0.3, 0.4) is 0 Å². The van der Waals surface area contributed by atoms with Crippen molar-refractivity contribution in [3.63, 3.8) is 0 Å². The van der Waals surface area contributed by atoms with Crippen molar-refractivity contribution in [3.05, 3.63) is 35.9 Å². The highest BCUT2D eigenvalue weighted by Gasteiger charge is 1.80. The molecule has 0 heterocycles. The molecule has 0 aromatic heterocycles. The van der Waals surface area contributed by atoms with Crippen LogP contribution in [0.1, 0.15) is 37.6 Å². The largest absolute Gasteiger partial charge is 0.298 e. The van der Waals surface area contributed by atoms with E-state index in [1.807, 2.05) is 32.0 Å². The van der Waals surface area contributed by atoms with Gasteiger partial charge in [-0.2, -0.15) is 0 Å². The van der Waals surface area contributed by atoms with Crippen LogP contribution in [0.2, 0.25) is 0 Å². The Kier molecular flexibility index (Phi) is 15.9. The third kappa shape index (κ3) is 13.8. The molecular formula is C12H22OP2. The second-order valence-electron chi connectivity index (χ2n) is 2.43. The van der Waals surface area contributed by atoms with Crippen LogP contribution in [-0.2, 0) is 0 Å². The standard InChI is InChI=1S/C7H6O.C3H10P2.C2H6/c8-6-7-4-2-1-3-5-7;1-2-3-5-4;1-2/h1-6H;5H,2-4H2,1H3;1-2H3/i;5D;. The van der Waals surface area contributed by atoms with Gasteiger partial charge in [0.1, 0.15) is 6.29 Å². The Bertz CT molecular complexity index is 240. The summed E-state index contributed by atoms with van der Waals surface area (Å²) in [5.74, 6) is 0. The molecule has 0 bridgehead atoms. The van der Waals surface area contributed by atoms with Gasteiger partial charge in [0.25, 0.3) is 0 Å². The molecule has 0 radical (unpaired) electrons. The molecule has 0 aliphatic rings. The Labute approximate surface area is 99.2 Å². The minimum absolute atomic E-state index is 0.434. The number of carbonyl (C=O) groups excluding carboxylic acids is 1. The number of carbonyl (C=O) groups is 1. The van der Waals surface area contributed by atoms with Gasteiger partial charge in [0, 0.05) is 5.56 Å². The van der Waals surface area contributed by atoms with E-state index in [0.29, 0.717) is 0 Å². The van der Waals surface area contributed by atoms with E-state index in [-0.39, 0.29) is 0 Å². The third-order valence-electron chi connectivity index (χ3n) is 1.29. The van der Waals surface area contributed by atoms with Gasteiger partial charge in [-0.1, -0.05) is 57.5 Å². The molecule has 0 spiro atoms. The van der Waals surface area contributed by atoms with E-state index in [2.05, 4.69) is 15.9 Å². The molecule has 0 aliphatic carbocycles. The lowest BCUT2D eigenvalue weighted by molar-refractivity contribution is 0.112. The topological polar surface area (TPSA) is 17.1 Å². The Morgan fingerprint density at radius 2 is 1.93 bits per heavy atom. The predicted molar refractivity (Wildman–Crippen MR) is 76.4 cm³/mol. The third-order valence-corrected chi connectivity index (χ3v) is 2.77. The van der Waals surface area contributed by atoms with E-state index in [1.54, 1.807) is 12.1 Å². The zero-order valence-electron chi connectivity index (χ0n) is 10.8. The number of aldehydes is 1. The molecule has 1 nitrogen and oxygen atoms in total. The summed E-state index contributed by atoms with van der Waals surface area (Å²) < 4.78 is 7.01. The average Bonchev–Trinajstić information content (AvgIpc) is 2.33. The van der Waals surface area contributed by atoms with Crippen LogP contribution in [0, 0.1) is 0 Å². The van der Waals surface area contributed by atoms with Gasteiger partial charge in [0.15, 0.2) is 0 Å². The molecule has 1 rings (SSSR count). The van der Waals surface area contributed by atoms with Crippen molar-refractivity contribution in [2.75, 3.05) is 6.16 Å². The van der Waals surface area contributed by atoms with Crippen molar-refractivity contribution >= 4 is 23.4 Å². The monoisotopic (exact) mass is 245 g/mol. The first-order chi connectivity index (χ1) is 7.70. The van der Waals surface area contributed by atoms with Crippen molar-refractivity contribution in [2.45, 2.75) is 27.2 Å². The van der Waals surface area contributed by atoms with E-state index in [1.165, 1.54) is 0 Å². The Balaban J connectivity index is 0. The van der Waals surface area contributed by atoms with Gasteiger partial charge >= 0.3 is 0 Å². The molecule has 0 saturated carbocycles. The van der Waals surface area contributed by atoms with E-state index < -0.39 is 8.21 Å². The second-order valence-corrected chi connectivity index (χ2v) is 4.34. The molecule has 2 unspecified atom stereocenters. The molecule has 0 aliphatic heterocycles. The van der Waals surface area contributed by atoms with Gasteiger partial charge in [-0.15, -0.1) is 17.1 Å². The molecule has 86 valence electrons. The van der Waals surface area contributed by atoms with Crippen molar-refractivity contribution in [1.29, 1.82) is 1.28 Å². The Morgan fingerprint density at radius 1 is 1.40 bits per heavy atom. The summed E-state index contributed by atoms with van der Waals surface area (Å²) in [4.78, 5) is 10.0. The highest BCUT2D eigenvalue weighted by molar-refractivity contribution is 8.02. The quantitative estimate of drug-likeness (QED) is 0.570. The van der Waals surface area contributed by atoms with Gasteiger partial charge < -0.3 is 0 Å². The summed E-state index contributed by atoms with van der Waals surface area (Å²) >= 11 is 0. The Morgan fingerprint density at radius 3 is 2.13 bits per heavy atom. The molecule has 0 fully saturated rings. The Hall–Kier alpha value is -0.250. The lowest BCUT2D eigenvalue weighted by Gasteiger charge is -1.81. The summed E-state index contributed by atoms with van der Waals surface area (Å²) in [7, 11) is 2.08. The average molecular weight is 245 g/mol. The number of hydrogen-bond donors (Lipinski definition) is 0. The van der Waals surface area contributed by atoms with Crippen LogP contribution in [0.15, 0.2) is 30.3 Å². The summed E-state index contributed by atoms with van der Waals surface area (Å²) in [6.45, 7) is 6.11. The first-order valence-electron chi connectivity index (χ1n) is 5.66. The van der Waals surface area contributed by atoms with Gasteiger partial charge in [0.2, 0.25) is 0 Å². The van der Waals surface area contributed by atoms with E-state index in [4.69, 9.17) is 1.28 Å². The molecule has 1 aromatic carbocycles. The van der Waals surface area contributed by atoms with Crippen molar-refractivity contribution in [3.8, 4) is 0 Å². The van der Waals surface area contributed by atoms with Gasteiger partial charge in [-0.05, 0) is 6.16 Å². The molecular weight excluding hydrogens is 222 g/mol. The summed E-state index contributed by atoms with van der Waals surface area (Å²) in [6.07, 6.45) is 3.05. The number of hydrogen-bond acceptors (Lipinski definition) is 1. The van der Waals surface area contributed by atoms with E-state index in [9.17, 15) is 4.79 Å². The maximum atomic E-state index is 10.0. The fraction of sp³-hybridized carbons (Fsp3) is 0.417.